The van der Waals surface area contributed by atoms with Crippen molar-refractivity contribution in [2.75, 3.05) is 31.0 Å². The van der Waals surface area contributed by atoms with Crippen LogP contribution in [0, 0.1) is 0 Å². The monoisotopic (exact) mass is 342 g/mol. The smallest absolute Gasteiger partial charge is 0.262 e. The van der Waals surface area contributed by atoms with Crippen LogP contribution < -0.4 is 24.8 Å². The lowest BCUT2D eigenvalue weighted by atomic mass is 10.1. The van der Waals surface area contributed by atoms with E-state index in [9.17, 15) is 9.59 Å². The first-order chi connectivity index (χ1) is 12.1. The molecule has 0 unspecified atom stereocenters. The molecule has 2 amide bonds. The average molecular weight is 342 g/mol. The van der Waals surface area contributed by atoms with Crippen molar-refractivity contribution in [2.45, 2.75) is 6.92 Å². The van der Waals surface area contributed by atoms with Crippen LogP contribution in [0.3, 0.4) is 0 Å². The van der Waals surface area contributed by atoms with Gasteiger partial charge < -0.3 is 24.8 Å². The number of carbonyl (C=O) groups is 2. The van der Waals surface area contributed by atoms with Gasteiger partial charge in [-0.25, -0.2) is 0 Å². The van der Waals surface area contributed by atoms with Gasteiger partial charge in [-0.15, -0.1) is 0 Å². The van der Waals surface area contributed by atoms with Crippen molar-refractivity contribution in [3.8, 4) is 17.2 Å². The van der Waals surface area contributed by atoms with Crippen molar-refractivity contribution in [2.24, 2.45) is 0 Å². The van der Waals surface area contributed by atoms with E-state index in [4.69, 9.17) is 14.2 Å². The Balaban J connectivity index is 1.78. The molecule has 2 aromatic carbocycles. The summed E-state index contributed by atoms with van der Waals surface area (Å²) in [6.07, 6.45) is 0. The van der Waals surface area contributed by atoms with Crippen molar-refractivity contribution in [1.82, 2.24) is 0 Å². The van der Waals surface area contributed by atoms with Crippen LogP contribution in [-0.2, 0) is 4.79 Å². The SMILES string of the molecule is CCOc1ccc(C(=O)Nc2ccc3c(c2)NC(=O)CO3)cc1OC. The van der Waals surface area contributed by atoms with E-state index >= 15 is 0 Å². The summed E-state index contributed by atoms with van der Waals surface area (Å²) in [6, 6.07) is 10.0. The number of anilines is 2. The van der Waals surface area contributed by atoms with Crippen LogP contribution in [0.1, 0.15) is 17.3 Å². The van der Waals surface area contributed by atoms with Gasteiger partial charge in [-0.1, -0.05) is 0 Å². The number of amides is 2. The van der Waals surface area contributed by atoms with Gasteiger partial charge in [0.1, 0.15) is 5.75 Å². The highest BCUT2D eigenvalue weighted by molar-refractivity contribution is 6.05. The maximum atomic E-state index is 12.5. The minimum atomic E-state index is -0.302. The van der Waals surface area contributed by atoms with Crippen LogP contribution in [0.25, 0.3) is 0 Å². The third kappa shape index (κ3) is 3.65. The highest BCUT2D eigenvalue weighted by Crippen LogP contribution is 2.31. The standard InChI is InChI=1S/C18H18N2O5/c1-3-24-15-6-4-11(8-16(15)23-2)18(22)19-12-5-7-14-13(9-12)20-17(21)10-25-14/h4-9H,3,10H2,1-2H3,(H,19,22)(H,20,21). The Hall–Kier alpha value is -3.22. The van der Waals surface area contributed by atoms with E-state index in [1.165, 1.54) is 7.11 Å². The fourth-order valence-electron chi connectivity index (χ4n) is 2.45. The molecule has 1 aliphatic heterocycles. The summed E-state index contributed by atoms with van der Waals surface area (Å²) >= 11 is 0. The van der Waals surface area contributed by atoms with Gasteiger partial charge in [-0.3, -0.25) is 9.59 Å². The fourth-order valence-corrected chi connectivity index (χ4v) is 2.45. The summed E-state index contributed by atoms with van der Waals surface area (Å²) in [5.74, 6) is 1.10. The van der Waals surface area contributed by atoms with Crippen LogP contribution >= 0.6 is 0 Å². The summed E-state index contributed by atoms with van der Waals surface area (Å²) in [4.78, 5) is 23.8. The average Bonchev–Trinajstić information content (AvgIpc) is 2.61. The van der Waals surface area contributed by atoms with E-state index < -0.39 is 0 Å². The lowest BCUT2D eigenvalue weighted by molar-refractivity contribution is -0.118. The molecule has 7 nitrogen and oxygen atoms in total. The van der Waals surface area contributed by atoms with Crippen LogP contribution in [0.5, 0.6) is 17.2 Å². The molecule has 0 saturated carbocycles. The Morgan fingerprint density at radius 3 is 2.84 bits per heavy atom. The molecule has 25 heavy (non-hydrogen) atoms. The summed E-state index contributed by atoms with van der Waals surface area (Å²) in [5.41, 5.74) is 1.50. The van der Waals surface area contributed by atoms with E-state index in [0.29, 0.717) is 40.8 Å². The topological polar surface area (TPSA) is 85.9 Å². The molecule has 0 bridgehead atoms. The molecular formula is C18H18N2O5. The number of fused-ring (bicyclic) bond motifs is 1. The zero-order valence-corrected chi connectivity index (χ0v) is 13.9. The second kappa shape index (κ2) is 7.12. The third-order valence-electron chi connectivity index (χ3n) is 3.60. The van der Waals surface area contributed by atoms with E-state index in [0.717, 1.165) is 0 Å². The molecule has 0 aliphatic carbocycles. The fraction of sp³-hybridized carbons (Fsp3) is 0.222. The first-order valence-electron chi connectivity index (χ1n) is 7.79. The maximum absolute atomic E-state index is 12.5. The lowest BCUT2D eigenvalue weighted by Crippen LogP contribution is -2.25. The number of hydrogen-bond donors (Lipinski definition) is 2. The number of benzene rings is 2. The molecule has 0 spiro atoms. The molecule has 0 fully saturated rings. The largest absolute Gasteiger partial charge is 0.493 e. The molecule has 130 valence electrons. The summed E-state index contributed by atoms with van der Waals surface area (Å²) in [5, 5.41) is 5.49. The van der Waals surface area contributed by atoms with E-state index in [-0.39, 0.29) is 18.4 Å². The van der Waals surface area contributed by atoms with Gasteiger partial charge in [-0.05, 0) is 43.3 Å². The van der Waals surface area contributed by atoms with Crippen LogP contribution in [-0.4, -0.2) is 32.1 Å². The third-order valence-corrected chi connectivity index (χ3v) is 3.60. The van der Waals surface area contributed by atoms with Gasteiger partial charge in [0.2, 0.25) is 0 Å². The van der Waals surface area contributed by atoms with E-state index in [2.05, 4.69) is 10.6 Å². The highest BCUT2D eigenvalue weighted by Gasteiger charge is 2.17. The molecule has 0 radical (unpaired) electrons. The Kier molecular flexibility index (Phi) is 4.74. The van der Waals surface area contributed by atoms with Gasteiger partial charge in [-0.2, -0.15) is 0 Å². The first kappa shape index (κ1) is 16.6. The molecule has 3 rings (SSSR count). The van der Waals surface area contributed by atoms with Crippen molar-refractivity contribution in [3.63, 3.8) is 0 Å². The molecular weight excluding hydrogens is 324 g/mol. The van der Waals surface area contributed by atoms with Gasteiger partial charge in [0, 0.05) is 11.3 Å². The number of ether oxygens (including phenoxy) is 3. The van der Waals surface area contributed by atoms with Crippen molar-refractivity contribution in [1.29, 1.82) is 0 Å². The summed E-state index contributed by atoms with van der Waals surface area (Å²) in [6.45, 7) is 2.37. The van der Waals surface area contributed by atoms with Gasteiger partial charge >= 0.3 is 0 Å². The van der Waals surface area contributed by atoms with Crippen molar-refractivity contribution in [3.05, 3.63) is 42.0 Å². The molecule has 2 N–H and O–H groups in total. The van der Waals surface area contributed by atoms with Gasteiger partial charge in [0.15, 0.2) is 18.1 Å². The molecule has 2 aromatic rings. The predicted octanol–water partition coefficient (Wildman–Crippen LogP) is 2.68. The number of nitrogens with one attached hydrogen (secondary N) is 2. The molecule has 1 heterocycles. The molecule has 0 saturated heterocycles. The Morgan fingerprint density at radius 2 is 2.08 bits per heavy atom. The van der Waals surface area contributed by atoms with Gasteiger partial charge in [0.25, 0.3) is 11.8 Å². The molecule has 7 heteroatoms. The lowest BCUT2D eigenvalue weighted by Gasteiger charge is -2.18. The minimum absolute atomic E-state index is 0.00925. The zero-order chi connectivity index (χ0) is 17.8. The Bertz CT molecular complexity index is 819. The highest BCUT2D eigenvalue weighted by atomic mass is 16.5. The first-order valence-corrected chi connectivity index (χ1v) is 7.79. The maximum Gasteiger partial charge on any atom is 0.262 e. The number of hydrogen-bond acceptors (Lipinski definition) is 5. The van der Waals surface area contributed by atoms with Crippen LogP contribution in [0.2, 0.25) is 0 Å². The van der Waals surface area contributed by atoms with E-state index in [1.54, 1.807) is 36.4 Å². The Labute approximate surface area is 144 Å². The summed E-state index contributed by atoms with van der Waals surface area (Å²) in [7, 11) is 1.52. The second-order valence-corrected chi connectivity index (χ2v) is 5.30. The number of rotatable bonds is 5. The number of carbonyl (C=O) groups excluding carboxylic acids is 2. The van der Waals surface area contributed by atoms with Crippen molar-refractivity contribution < 1.29 is 23.8 Å². The van der Waals surface area contributed by atoms with Crippen LogP contribution in [0.4, 0.5) is 11.4 Å². The van der Waals surface area contributed by atoms with Crippen molar-refractivity contribution >= 4 is 23.2 Å². The van der Waals surface area contributed by atoms with Gasteiger partial charge in [0.05, 0.1) is 19.4 Å². The number of methoxy groups -OCH3 is 1. The molecule has 0 atom stereocenters. The normalized spacial score (nSPS) is 12.5. The molecule has 1 aliphatic rings. The Morgan fingerprint density at radius 1 is 1.24 bits per heavy atom. The minimum Gasteiger partial charge on any atom is -0.493 e. The van der Waals surface area contributed by atoms with Crippen LogP contribution in [0.15, 0.2) is 36.4 Å². The zero-order valence-electron chi connectivity index (χ0n) is 13.9. The quantitative estimate of drug-likeness (QED) is 0.872. The summed E-state index contributed by atoms with van der Waals surface area (Å²) < 4.78 is 16.0. The predicted molar refractivity (Wildman–Crippen MR) is 92.7 cm³/mol. The van der Waals surface area contributed by atoms with E-state index in [1.807, 2.05) is 6.92 Å². The second-order valence-electron chi connectivity index (χ2n) is 5.30. The molecule has 0 aromatic heterocycles.